The van der Waals surface area contributed by atoms with Crippen molar-refractivity contribution < 1.29 is 19.1 Å². The molecule has 0 aromatic carbocycles. The maximum absolute atomic E-state index is 11.7. The van der Waals surface area contributed by atoms with Gasteiger partial charge in [-0.25, -0.2) is 4.79 Å². The van der Waals surface area contributed by atoms with Crippen LogP contribution in [0.4, 0.5) is 0 Å². The van der Waals surface area contributed by atoms with E-state index in [0.717, 1.165) is 0 Å². The highest BCUT2D eigenvalue weighted by molar-refractivity contribution is 7.97. The Morgan fingerprint density at radius 1 is 1.61 bits per heavy atom. The third-order valence-electron chi connectivity index (χ3n) is 2.18. The van der Waals surface area contributed by atoms with Gasteiger partial charge in [0.2, 0.25) is 0 Å². The summed E-state index contributed by atoms with van der Waals surface area (Å²) < 4.78 is 5.29. The molecule has 98 valence electrons. The van der Waals surface area contributed by atoms with Crippen LogP contribution >= 0.6 is 11.8 Å². The van der Waals surface area contributed by atoms with Crippen LogP contribution in [0.25, 0.3) is 0 Å². The lowest BCUT2D eigenvalue weighted by atomic mass is 10.2. The number of rotatable bonds is 7. The van der Waals surface area contributed by atoms with Crippen molar-refractivity contribution >= 4 is 23.6 Å². The van der Waals surface area contributed by atoms with E-state index in [9.17, 15) is 9.59 Å². The fourth-order valence-electron chi connectivity index (χ4n) is 1.34. The van der Waals surface area contributed by atoms with E-state index < -0.39 is 17.9 Å². The smallest absolute Gasteiger partial charge is 0.326 e. The van der Waals surface area contributed by atoms with Gasteiger partial charge in [-0.1, -0.05) is 6.08 Å². The summed E-state index contributed by atoms with van der Waals surface area (Å²) in [4.78, 5) is 22.6. The molecule has 0 saturated carbocycles. The number of furan rings is 1. The van der Waals surface area contributed by atoms with Gasteiger partial charge in [0.25, 0.3) is 5.91 Å². The molecule has 1 unspecified atom stereocenters. The van der Waals surface area contributed by atoms with Crippen LogP contribution in [0.1, 0.15) is 22.7 Å². The Morgan fingerprint density at radius 3 is 2.89 bits per heavy atom. The summed E-state index contributed by atoms with van der Waals surface area (Å²) in [6.07, 6.45) is 3.53. The first-order chi connectivity index (χ1) is 8.58. The molecule has 1 heterocycles. The summed E-state index contributed by atoms with van der Waals surface area (Å²) in [7, 11) is 0. The lowest BCUT2D eigenvalue weighted by molar-refractivity contribution is -0.139. The number of amides is 1. The van der Waals surface area contributed by atoms with E-state index in [2.05, 4.69) is 11.9 Å². The minimum Gasteiger partial charge on any atom is -0.480 e. The van der Waals surface area contributed by atoms with Crippen LogP contribution in [-0.4, -0.2) is 29.3 Å². The fourth-order valence-corrected chi connectivity index (χ4v) is 1.78. The predicted octanol–water partition coefficient (Wildman–Crippen LogP) is 1.90. The van der Waals surface area contributed by atoms with Crippen molar-refractivity contribution in [2.45, 2.75) is 18.2 Å². The van der Waals surface area contributed by atoms with Crippen LogP contribution in [-0.2, 0) is 10.5 Å². The molecular weight excluding hydrogens is 254 g/mol. The lowest BCUT2D eigenvalue weighted by Crippen LogP contribution is -2.40. The largest absolute Gasteiger partial charge is 0.480 e. The SMILES string of the molecule is C=CCC(NC(=O)c1ccc(CSC)o1)C(=O)O. The number of carbonyl (C=O) groups excluding carboxylic acids is 1. The number of thioether (sulfide) groups is 1. The van der Waals surface area contributed by atoms with Gasteiger partial charge in [0.15, 0.2) is 5.76 Å². The Bertz CT molecular complexity index is 441. The molecule has 0 spiro atoms. The van der Waals surface area contributed by atoms with Crippen molar-refractivity contribution in [1.82, 2.24) is 5.32 Å². The molecular formula is C12H15NO4S. The predicted molar refractivity (Wildman–Crippen MR) is 69.6 cm³/mol. The molecule has 0 saturated heterocycles. The van der Waals surface area contributed by atoms with E-state index in [1.165, 1.54) is 12.1 Å². The first kappa shape index (κ1) is 14.4. The Labute approximate surface area is 109 Å². The molecule has 0 fully saturated rings. The fraction of sp³-hybridized carbons (Fsp3) is 0.333. The van der Waals surface area contributed by atoms with Gasteiger partial charge in [-0.3, -0.25) is 4.79 Å². The molecule has 1 aromatic rings. The number of carboxylic acid groups (broad SMARTS) is 1. The highest BCUT2D eigenvalue weighted by Crippen LogP contribution is 2.13. The second-order valence-corrected chi connectivity index (χ2v) is 4.45. The summed E-state index contributed by atoms with van der Waals surface area (Å²) in [6, 6.07) is 2.26. The quantitative estimate of drug-likeness (QED) is 0.739. The molecule has 0 bridgehead atoms. The highest BCUT2D eigenvalue weighted by atomic mass is 32.2. The molecule has 18 heavy (non-hydrogen) atoms. The van der Waals surface area contributed by atoms with Gasteiger partial charge in [-0.15, -0.1) is 6.58 Å². The Kier molecular flexibility index (Phi) is 5.51. The number of hydrogen-bond donors (Lipinski definition) is 2. The van der Waals surface area contributed by atoms with Crippen molar-refractivity contribution in [1.29, 1.82) is 0 Å². The summed E-state index contributed by atoms with van der Waals surface area (Å²) in [6.45, 7) is 3.45. The molecule has 0 aliphatic heterocycles. The van der Waals surface area contributed by atoms with Crippen LogP contribution in [0.5, 0.6) is 0 Å². The van der Waals surface area contributed by atoms with Gasteiger partial charge in [0.05, 0.1) is 5.75 Å². The Hall–Kier alpha value is -1.69. The van der Waals surface area contributed by atoms with Crippen molar-refractivity contribution in [2.24, 2.45) is 0 Å². The number of carbonyl (C=O) groups is 2. The molecule has 1 amide bonds. The minimum atomic E-state index is -1.10. The summed E-state index contributed by atoms with van der Waals surface area (Å²) in [5.74, 6) is -0.157. The zero-order chi connectivity index (χ0) is 13.5. The van der Waals surface area contributed by atoms with E-state index in [0.29, 0.717) is 11.5 Å². The number of nitrogens with one attached hydrogen (secondary N) is 1. The van der Waals surface area contributed by atoms with Crippen LogP contribution in [0.2, 0.25) is 0 Å². The molecule has 2 N–H and O–H groups in total. The monoisotopic (exact) mass is 269 g/mol. The number of hydrogen-bond acceptors (Lipinski definition) is 4. The Balaban J connectivity index is 2.67. The Morgan fingerprint density at radius 2 is 2.33 bits per heavy atom. The summed E-state index contributed by atoms with van der Waals surface area (Å²) in [5.41, 5.74) is 0. The molecule has 1 rings (SSSR count). The van der Waals surface area contributed by atoms with Crippen LogP contribution < -0.4 is 5.32 Å². The van der Waals surface area contributed by atoms with Gasteiger partial charge < -0.3 is 14.8 Å². The van der Waals surface area contributed by atoms with Gasteiger partial charge in [0.1, 0.15) is 11.8 Å². The number of aliphatic carboxylic acids is 1. The zero-order valence-electron chi connectivity index (χ0n) is 10.0. The van der Waals surface area contributed by atoms with Gasteiger partial charge in [-0.2, -0.15) is 11.8 Å². The summed E-state index contributed by atoms with van der Waals surface area (Å²) >= 11 is 1.57. The van der Waals surface area contributed by atoms with Crippen molar-refractivity contribution in [3.05, 3.63) is 36.3 Å². The van der Waals surface area contributed by atoms with Crippen LogP contribution in [0, 0.1) is 0 Å². The van der Waals surface area contributed by atoms with Crippen molar-refractivity contribution in [3.8, 4) is 0 Å². The van der Waals surface area contributed by atoms with Crippen molar-refractivity contribution in [2.75, 3.05) is 6.26 Å². The second kappa shape index (κ2) is 6.90. The van der Waals surface area contributed by atoms with E-state index in [4.69, 9.17) is 9.52 Å². The minimum absolute atomic E-state index is 0.120. The van der Waals surface area contributed by atoms with Gasteiger partial charge in [0, 0.05) is 0 Å². The highest BCUT2D eigenvalue weighted by Gasteiger charge is 2.20. The van der Waals surface area contributed by atoms with Crippen LogP contribution in [0.15, 0.2) is 29.2 Å². The third-order valence-corrected chi connectivity index (χ3v) is 2.75. The first-order valence-corrected chi connectivity index (χ1v) is 6.70. The summed E-state index contributed by atoms with van der Waals surface area (Å²) in [5, 5.41) is 11.3. The first-order valence-electron chi connectivity index (χ1n) is 5.30. The molecule has 5 nitrogen and oxygen atoms in total. The third kappa shape index (κ3) is 3.96. The zero-order valence-corrected chi connectivity index (χ0v) is 10.8. The maximum Gasteiger partial charge on any atom is 0.326 e. The molecule has 6 heteroatoms. The molecule has 1 atom stereocenters. The second-order valence-electron chi connectivity index (χ2n) is 3.59. The maximum atomic E-state index is 11.7. The average Bonchev–Trinajstić information content (AvgIpc) is 2.77. The van der Waals surface area contributed by atoms with E-state index in [1.807, 2.05) is 6.26 Å². The molecule has 0 aliphatic carbocycles. The molecule has 1 aromatic heterocycles. The number of carboxylic acids is 1. The van der Waals surface area contributed by atoms with Crippen LogP contribution in [0.3, 0.4) is 0 Å². The van der Waals surface area contributed by atoms with E-state index in [1.54, 1.807) is 17.8 Å². The molecule has 0 aliphatic rings. The lowest BCUT2D eigenvalue weighted by Gasteiger charge is -2.10. The standard InChI is InChI=1S/C12H15NO4S/c1-3-4-9(12(15)16)13-11(14)10-6-5-8(17-10)7-18-2/h3,5-6,9H,1,4,7H2,2H3,(H,13,14)(H,15,16). The normalized spacial score (nSPS) is 11.8. The van der Waals surface area contributed by atoms with Crippen molar-refractivity contribution in [3.63, 3.8) is 0 Å². The van der Waals surface area contributed by atoms with Gasteiger partial charge >= 0.3 is 5.97 Å². The topological polar surface area (TPSA) is 79.5 Å². The van der Waals surface area contributed by atoms with E-state index >= 15 is 0 Å². The van der Waals surface area contributed by atoms with E-state index in [-0.39, 0.29) is 12.2 Å². The van der Waals surface area contributed by atoms with Gasteiger partial charge in [-0.05, 0) is 24.8 Å². The molecule has 0 radical (unpaired) electrons. The average molecular weight is 269 g/mol.